The van der Waals surface area contributed by atoms with E-state index >= 15 is 0 Å². The molecule has 4 heteroatoms. The molecule has 100 valence electrons. The van der Waals surface area contributed by atoms with Gasteiger partial charge < -0.3 is 16.2 Å². The number of nitrogens with one attached hydrogen (secondary N) is 3. The Morgan fingerprint density at radius 2 is 1.72 bits per heavy atom. The fraction of sp³-hybridized carbons (Fsp3) is 0.786. The van der Waals surface area contributed by atoms with E-state index in [0.717, 1.165) is 29.9 Å². The van der Waals surface area contributed by atoms with Crippen molar-refractivity contribution in [3.05, 3.63) is 11.8 Å². The number of rotatable bonds is 5. The highest BCUT2D eigenvalue weighted by Gasteiger charge is 2.50. The molecule has 0 aliphatic heterocycles. The van der Waals surface area contributed by atoms with Crippen LogP contribution >= 0.6 is 0 Å². The summed E-state index contributed by atoms with van der Waals surface area (Å²) in [6.07, 6.45) is 11.5. The van der Waals surface area contributed by atoms with Gasteiger partial charge in [0, 0.05) is 30.1 Å². The quantitative estimate of drug-likeness (QED) is 0.339. The Morgan fingerprint density at radius 3 is 2.17 bits per heavy atom. The van der Waals surface area contributed by atoms with Gasteiger partial charge in [0.05, 0.1) is 0 Å². The summed E-state index contributed by atoms with van der Waals surface area (Å²) in [5.74, 6) is 8.17. The minimum Gasteiger partial charge on any atom is -0.331 e. The van der Waals surface area contributed by atoms with Crippen LogP contribution in [0.1, 0.15) is 38.5 Å². The maximum atomic E-state index is 7.37. The van der Waals surface area contributed by atoms with Gasteiger partial charge >= 0.3 is 0 Å². The summed E-state index contributed by atoms with van der Waals surface area (Å²) >= 11 is 0. The normalized spacial score (nSPS) is 42.1. The van der Waals surface area contributed by atoms with Gasteiger partial charge in [0.25, 0.3) is 0 Å². The van der Waals surface area contributed by atoms with E-state index in [1.165, 1.54) is 44.7 Å². The lowest BCUT2D eigenvalue weighted by Crippen LogP contribution is -2.58. The highest BCUT2D eigenvalue weighted by atomic mass is 15.2. The molecule has 4 saturated carbocycles. The maximum absolute atomic E-state index is 7.37. The van der Waals surface area contributed by atoms with Crippen LogP contribution in [0.15, 0.2) is 11.8 Å². The van der Waals surface area contributed by atoms with Gasteiger partial charge in [0.15, 0.2) is 0 Å². The second kappa shape index (κ2) is 4.67. The van der Waals surface area contributed by atoms with E-state index in [-0.39, 0.29) is 0 Å². The number of hydrazine groups is 1. The van der Waals surface area contributed by atoms with Gasteiger partial charge in [-0.2, -0.15) is 0 Å². The van der Waals surface area contributed by atoms with Crippen LogP contribution in [0.3, 0.4) is 0 Å². The predicted molar refractivity (Wildman–Crippen MR) is 73.1 cm³/mol. The highest BCUT2D eigenvalue weighted by Crippen LogP contribution is 2.55. The Labute approximate surface area is 109 Å². The monoisotopic (exact) mass is 248 g/mol. The molecule has 0 aromatic carbocycles. The SMILES string of the molecule is N=C/C(=C\NN)CNC12CC3CC(CC(C3)C1)C2. The predicted octanol–water partition coefficient (Wildman–Crippen LogP) is 1.54. The molecule has 0 amide bonds. The molecule has 4 aliphatic rings. The summed E-state index contributed by atoms with van der Waals surface area (Å²) in [5, 5.41) is 11.1. The van der Waals surface area contributed by atoms with Gasteiger partial charge in [-0.25, -0.2) is 0 Å². The number of hydrogen-bond donors (Lipinski definition) is 4. The zero-order chi connectivity index (χ0) is 12.6. The number of hydrogen-bond acceptors (Lipinski definition) is 4. The molecule has 4 fully saturated rings. The first-order chi connectivity index (χ1) is 8.73. The van der Waals surface area contributed by atoms with Gasteiger partial charge in [0.2, 0.25) is 0 Å². The summed E-state index contributed by atoms with van der Waals surface area (Å²) in [4.78, 5) is 0. The first-order valence-corrected chi connectivity index (χ1v) is 7.14. The molecule has 0 aromatic heterocycles. The van der Waals surface area contributed by atoms with Gasteiger partial charge in [-0.05, 0) is 56.3 Å². The summed E-state index contributed by atoms with van der Waals surface area (Å²) in [6.45, 7) is 0.764. The molecular formula is C14H24N4. The molecule has 0 saturated heterocycles. The lowest BCUT2D eigenvalue weighted by Gasteiger charge is -2.57. The van der Waals surface area contributed by atoms with E-state index in [9.17, 15) is 0 Å². The minimum atomic E-state index is 0.367. The number of nitrogens with two attached hydrogens (primary N) is 1. The van der Waals surface area contributed by atoms with E-state index < -0.39 is 0 Å². The largest absolute Gasteiger partial charge is 0.331 e. The summed E-state index contributed by atoms with van der Waals surface area (Å²) in [6, 6.07) is 0. The maximum Gasteiger partial charge on any atom is 0.0240 e. The van der Waals surface area contributed by atoms with Crippen LogP contribution in [-0.4, -0.2) is 18.3 Å². The van der Waals surface area contributed by atoms with Crippen LogP contribution < -0.4 is 16.6 Å². The molecule has 4 rings (SSSR count). The lowest BCUT2D eigenvalue weighted by molar-refractivity contribution is -0.0180. The standard InChI is InChI=1S/C14H24N4/c15-7-13(9-18-16)8-17-14-4-10-1-11(5-14)3-12(2-10)6-14/h7,9-12,15,17-18H,1-6,8,16H2/b13-9+,15-7?. The van der Waals surface area contributed by atoms with E-state index in [1.807, 2.05) is 0 Å². The Hall–Kier alpha value is -0.870. The third kappa shape index (κ3) is 2.19. The van der Waals surface area contributed by atoms with Crippen molar-refractivity contribution in [3.8, 4) is 0 Å². The average molecular weight is 248 g/mol. The summed E-state index contributed by atoms with van der Waals surface area (Å²) in [7, 11) is 0. The molecule has 4 bridgehead atoms. The third-order valence-electron chi connectivity index (χ3n) is 5.16. The van der Waals surface area contributed by atoms with E-state index in [0.29, 0.717) is 5.54 Å². The average Bonchev–Trinajstić information content (AvgIpc) is 2.33. The molecule has 0 heterocycles. The van der Waals surface area contributed by atoms with Crippen LogP contribution in [0.4, 0.5) is 0 Å². The Bertz CT molecular complexity index is 326. The van der Waals surface area contributed by atoms with Crippen LogP contribution in [0.5, 0.6) is 0 Å². The van der Waals surface area contributed by atoms with Crippen molar-refractivity contribution in [2.45, 2.75) is 44.1 Å². The first kappa shape index (κ1) is 12.2. The van der Waals surface area contributed by atoms with Crippen molar-refractivity contribution >= 4 is 6.21 Å². The summed E-state index contributed by atoms with van der Waals surface area (Å²) < 4.78 is 0. The van der Waals surface area contributed by atoms with Crippen LogP contribution in [0.2, 0.25) is 0 Å². The molecule has 4 aliphatic carbocycles. The van der Waals surface area contributed by atoms with E-state index in [4.69, 9.17) is 11.3 Å². The van der Waals surface area contributed by atoms with Crippen LogP contribution in [0.25, 0.3) is 0 Å². The molecule has 5 N–H and O–H groups in total. The molecule has 0 aromatic rings. The summed E-state index contributed by atoms with van der Waals surface area (Å²) in [5.41, 5.74) is 3.81. The smallest absolute Gasteiger partial charge is 0.0240 e. The fourth-order valence-electron chi connectivity index (χ4n) is 4.87. The molecule has 0 radical (unpaired) electrons. The van der Waals surface area contributed by atoms with Gasteiger partial charge in [-0.15, -0.1) is 0 Å². The van der Waals surface area contributed by atoms with Crippen molar-refractivity contribution in [1.82, 2.24) is 10.7 Å². The van der Waals surface area contributed by atoms with Gasteiger partial charge in [-0.3, -0.25) is 5.84 Å². The Kier molecular flexibility index (Phi) is 3.16. The minimum absolute atomic E-state index is 0.367. The lowest BCUT2D eigenvalue weighted by atomic mass is 9.53. The second-order valence-electron chi connectivity index (χ2n) is 6.58. The zero-order valence-electron chi connectivity index (χ0n) is 10.9. The van der Waals surface area contributed by atoms with Crippen molar-refractivity contribution in [2.24, 2.45) is 23.6 Å². The molecular weight excluding hydrogens is 224 g/mol. The molecule has 0 spiro atoms. The Morgan fingerprint density at radius 1 is 1.17 bits per heavy atom. The van der Waals surface area contributed by atoms with Crippen molar-refractivity contribution < 1.29 is 0 Å². The van der Waals surface area contributed by atoms with Crippen molar-refractivity contribution in [2.75, 3.05) is 6.54 Å². The fourth-order valence-corrected chi connectivity index (χ4v) is 4.87. The topological polar surface area (TPSA) is 73.9 Å². The van der Waals surface area contributed by atoms with Crippen LogP contribution in [-0.2, 0) is 0 Å². The van der Waals surface area contributed by atoms with E-state index in [1.54, 1.807) is 6.20 Å². The molecule has 0 unspecified atom stereocenters. The van der Waals surface area contributed by atoms with Crippen LogP contribution in [0, 0.1) is 23.2 Å². The molecule has 4 nitrogen and oxygen atoms in total. The van der Waals surface area contributed by atoms with Gasteiger partial charge in [0.1, 0.15) is 0 Å². The zero-order valence-corrected chi connectivity index (χ0v) is 10.9. The first-order valence-electron chi connectivity index (χ1n) is 7.14. The molecule has 0 atom stereocenters. The Balaban J connectivity index is 1.65. The van der Waals surface area contributed by atoms with Crippen molar-refractivity contribution in [3.63, 3.8) is 0 Å². The highest BCUT2D eigenvalue weighted by molar-refractivity contribution is 5.76. The van der Waals surface area contributed by atoms with Gasteiger partial charge in [-0.1, -0.05) is 0 Å². The second-order valence-corrected chi connectivity index (χ2v) is 6.58. The van der Waals surface area contributed by atoms with E-state index in [2.05, 4.69) is 10.7 Å². The molecule has 18 heavy (non-hydrogen) atoms. The van der Waals surface area contributed by atoms with Crippen molar-refractivity contribution in [1.29, 1.82) is 5.41 Å². The third-order valence-corrected chi connectivity index (χ3v) is 5.16.